The number of nitrogen functional groups attached to an aromatic ring is 1. The van der Waals surface area contributed by atoms with E-state index in [2.05, 4.69) is 41.3 Å². The number of nitrogens with zero attached hydrogens (tertiary/aromatic N) is 4. The molecule has 2 aromatic rings. The minimum absolute atomic E-state index is 0.0322. The molecule has 1 saturated heterocycles. The molecular weight excluding hydrogens is 939 g/mol. The van der Waals surface area contributed by atoms with E-state index in [1.807, 2.05) is 6.08 Å². The predicted octanol–water partition coefficient (Wildman–Crippen LogP) is 3.92. The molecule has 0 radical (unpaired) electrons. The van der Waals surface area contributed by atoms with Crippen LogP contribution in [0.15, 0.2) is 24.8 Å². The number of rotatable bonds is 32. The summed E-state index contributed by atoms with van der Waals surface area (Å²) in [5.41, 5.74) is 4.28. The number of unbranched alkanes of at least 4 members (excludes halogenated alkanes) is 11. The van der Waals surface area contributed by atoms with Crippen LogP contribution in [-0.4, -0.2) is 123 Å². The number of thioether (sulfide) groups is 1. The molecule has 10 N–H and O–H groups in total. The predicted molar refractivity (Wildman–Crippen MR) is 237 cm³/mol. The van der Waals surface area contributed by atoms with Crippen LogP contribution in [0.5, 0.6) is 0 Å². The minimum atomic E-state index is -5.58. The second-order valence-electron chi connectivity index (χ2n) is 16.0. The van der Waals surface area contributed by atoms with Gasteiger partial charge in [-0.1, -0.05) is 103 Å². The normalized spacial score (nSPS) is 20.4. The summed E-state index contributed by atoms with van der Waals surface area (Å²) in [6.45, 7) is 2.74. The Bertz CT molecular complexity index is 2010. The number of phosphoric ester groups is 3. The monoisotopic (exact) mass is 1000 g/mol. The second-order valence-corrected chi connectivity index (χ2v) is 21.3. The topological polar surface area (TPSA) is 364 Å². The van der Waals surface area contributed by atoms with E-state index in [9.17, 15) is 57.9 Å². The van der Waals surface area contributed by atoms with Crippen molar-refractivity contribution in [3.05, 3.63) is 24.8 Å². The molecular formula is C37H64N7O17P3S. The number of nitrogens with two attached hydrogens (primary N) is 1. The molecule has 1 fully saturated rings. The van der Waals surface area contributed by atoms with Crippen molar-refractivity contribution in [1.82, 2.24) is 30.2 Å². The Morgan fingerprint density at radius 3 is 2.22 bits per heavy atom. The third-order valence-corrected chi connectivity index (χ3v) is 13.9. The number of aliphatic hydroxyl groups excluding tert-OH is 2. The summed E-state index contributed by atoms with van der Waals surface area (Å²) in [5, 5.41) is 26.4. The number of imidazole rings is 1. The molecule has 7 atom stereocenters. The van der Waals surface area contributed by atoms with Gasteiger partial charge in [-0.25, -0.2) is 28.6 Å². The lowest BCUT2D eigenvalue weighted by Gasteiger charge is -2.30. The van der Waals surface area contributed by atoms with Crippen molar-refractivity contribution in [3.63, 3.8) is 0 Å². The minimum Gasteiger partial charge on any atom is -0.386 e. The fourth-order valence-electron chi connectivity index (χ4n) is 6.44. The lowest BCUT2D eigenvalue weighted by atomic mass is 9.87. The van der Waals surface area contributed by atoms with Gasteiger partial charge in [0.25, 0.3) is 0 Å². The number of anilines is 1. The molecule has 1 aliphatic heterocycles. The highest BCUT2D eigenvalue weighted by Gasteiger charge is 2.50. The van der Waals surface area contributed by atoms with Crippen LogP contribution in [0.2, 0.25) is 0 Å². The molecule has 2 amide bonds. The van der Waals surface area contributed by atoms with Gasteiger partial charge < -0.3 is 50.9 Å². The summed E-state index contributed by atoms with van der Waals surface area (Å²) in [6.07, 6.45) is 11.1. The zero-order valence-corrected chi connectivity index (χ0v) is 40.2. The Morgan fingerprint density at radius 1 is 0.938 bits per heavy atom. The summed E-state index contributed by atoms with van der Waals surface area (Å²) >= 11 is 1.07. The maximum atomic E-state index is 12.7. The molecule has 65 heavy (non-hydrogen) atoms. The van der Waals surface area contributed by atoms with Crippen molar-refractivity contribution in [1.29, 1.82) is 0 Å². The summed E-state index contributed by atoms with van der Waals surface area (Å²) in [5.74, 6) is -1.10. The van der Waals surface area contributed by atoms with E-state index in [1.54, 1.807) is 6.08 Å². The van der Waals surface area contributed by atoms with E-state index in [0.29, 0.717) is 5.75 Å². The van der Waals surface area contributed by atoms with Gasteiger partial charge in [0.1, 0.15) is 36.3 Å². The number of phosphoric acid groups is 3. The van der Waals surface area contributed by atoms with Gasteiger partial charge in [-0.3, -0.25) is 32.5 Å². The Balaban J connectivity index is 1.34. The molecule has 0 aromatic carbocycles. The zero-order valence-electron chi connectivity index (χ0n) is 36.7. The Morgan fingerprint density at radius 2 is 1.57 bits per heavy atom. The number of ether oxygens (including phenoxy) is 1. The van der Waals surface area contributed by atoms with Crippen LogP contribution in [0.4, 0.5) is 5.82 Å². The van der Waals surface area contributed by atoms with Crippen LogP contribution in [0.25, 0.3) is 11.2 Å². The average Bonchev–Trinajstić information content (AvgIpc) is 3.79. The number of carbonyl (C=O) groups excluding carboxylic acids is 3. The molecule has 3 unspecified atom stereocenters. The smallest absolute Gasteiger partial charge is 0.386 e. The van der Waals surface area contributed by atoms with Crippen molar-refractivity contribution < 1.29 is 80.5 Å². The molecule has 3 rings (SSSR count). The molecule has 0 saturated carbocycles. The molecule has 0 aliphatic carbocycles. The Hall–Kier alpha value is -2.70. The lowest BCUT2D eigenvalue weighted by molar-refractivity contribution is -0.137. The molecule has 28 heteroatoms. The highest BCUT2D eigenvalue weighted by Crippen LogP contribution is 2.61. The number of carbonyl (C=O) groups is 3. The van der Waals surface area contributed by atoms with Gasteiger partial charge in [0.15, 0.2) is 17.7 Å². The van der Waals surface area contributed by atoms with Gasteiger partial charge in [-0.2, -0.15) is 4.31 Å². The van der Waals surface area contributed by atoms with Gasteiger partial charge in [0.2, 0.25) is 16.9 Å². The number of nitrogens with one attached hydrogen (secondary N) is 2. The number of hydrogen-bond donors (Lipinski definition) is 9. The number of aliphatic hydroxyl groups is 2. The first-order chi connectivity index (χ1) is 30.6. The Kier molecular flexibility index (Phi) is 23.8. The van der Waals surface area contributed by atoms with Crippen LogP contribution < -0.4 is 16.4 Å². The van der Waals surface area contributed by atoms with E-state index in [1.165, 1.54) is 71.6 Å². The van der Waals surface area contributed by atoms with Crippen LogP contribution in [0, 0.1) is 5.41 Å². The molecule has 0 spiro atoms. The molecule has 0 bridgehead atoms. The molecule has 24 nitrogen and oxygen atoms in total. The summed E-state index contributed by atoms with van der Waals surface area (Å²) in [7, 11) is -16.4. The van der Waals surface area contributed by atoms with Crippen molar-refractivity contribution >= 4 is 69.1 Å². The molecule has 2 aromatic heterocycles. The highest BCUT2D eigenvalue weighted by atomic mass is 32.2. The first-order valence-electron chi connectivity index (χ1n) is 21.3. The van der Waals surface area contributed by atoms with Gasteiger partial charge in [-0.15, -0.1) is 0 Å². The number of allylic oxidation sites excluding steroid dienone is 1. The quantitative estimate of drug-likeness (QED) is 0.0285. The van der Waals surface area contributed by atoms with Crippen molar-refractivity contribution in [2.75, 3.05) is 37.8 Å². The third-order valence-electron chi connectivity index (χ3n) is 9.97. The summed E-state index contributed by atoms with van der Waals surface area (Å²) in [4.78, 5) is 88.1. The number of fused-ring (bicyclic) bond motifs is 1. The largest absolute Gasteiger partial charge is 0.481 e. The van der Waals surface area contributed by atoms with Crippen molar-refractivity contribution in [2.45, 2.75) is 135 Å². The van der Waals surface area contributed by atoms with Gasteiger partial charge in [0.05, 0.1) is 19.5 Å². The van der Waals surface area contributed by atoms with Crippen LogP contribution >= 0.6 is 35.2 Å². The average molecular weight is 1000 g/mol. The van der Waals surface area contributed by atoms with Crippen molar-refractivity contribution in [2.24, 2.45) is 5.41 Å². The first kappa shape index (κ1) is 56.6. The van der Waals surface area contributed by atoms with Gasteiger partial charge >= 0.3 is 23.5 Å². The molecule has 1 aliphatic rings. The lowest BCUT2D eigenvalue weighted by Crippen LogP contribution is -2.46. The van der Waals surface area contributed by atoms with Crippen LogP contribution in [0.3, 0.4) is 0 Å². The van der Waals surface area contributed by atoms with E-state index in [0.717, 1.165) is 48.2 Å². The fraction of sp³-hybridized carbons (Fsp3) is 0.730. The third kappa shape index (κ3) is 20.6. The van der Waals surface area contributed by atoms with E-state index >= 15 is 0 Å². The number of amides is 2. The van der Waals surface area contributed by atoms with Gasteiger partial charge in [0, 0.05) is 30.7 Å². The van der Waals surface area contributed by atoms with Crippen LogP contribution in [-0.2, 0) is 50.7 Å². The van der Waals surface area contributed by atoms with E-state index < -0.39 is 84.6 Å². The second kappa shape index (κ2) is 27.3. The van der Waals surface area contributed by atoms with Crippen LogP contribution in [0.1, 0.15) is 110 Å². The standard InChI is InChI=1S/C37H64N7O17P3S/c1-4-5-6-7-8-9-10-11-12-13-14-15-16-17-28(46)65-21-20-39-27(45)18-19-40-35(49)32(48)37(2,3)23-58-64(55,56)61-63(53,54)57-22-26-31(60-62(50,51)52)30(47)36(59-26)44-25-43-29-33(38)41-24-42-34(29)44/h16-17,24-26,30-32,36,47-48H,4-15,18-23H2,1-3H3,(H,39,45)(H,40,49)(H,53,54)(H,55,56)(H2,38,41,42)(H2,50,51,52)/b17-16+/t26-,30-,31-,32?,36-/m1/s1. The SMILES string of the molecule is CCCCCCCCCCCCC/C=C/C(=O)SCCNC(=O)CCNC(=O)C(O)C(C)(C)COP(=O)(O)OP(=O)(O)OC[C@H]1O[C@@H](n2cnc3c(N)ncnc32)[C@H](O)[C@@H]1OP(=O)(O)O. The maximum absolute atomic E-state index is 12.7. The summed E-state index contributed by atoms with van der Waals surface area (Å²) < 4.78 is 62.4. The summed E-state index contributed by atoms with van der Waals surface area (Å²) in [6, 6.07) is 0. The fourth-order valence-corrected chi connectivity index (χ4v) is 9.86. The molecule has 370 valence electrons. The van der Waals surface area contributed by atoms with Crippen molar-refractivity contribution in [3.8, 4) is 0 Å². The highest BCUT2D eigenvalue weighted by molar-refractivity contribution is 8.14. The first-order valence-corrected chi connectivity index (χ1v) is 26.8. The van der Waals surface area contributed by atoms with E-state index in [-0.39, 0.29) is 41.6 Å². The van der Waals surface area contributed by atoms with E-state index in [4.69, 9.17) is 19.5 Å². The number of aromatic nitrogens is 4. The van der Waals surface area contributed by atoms with Gasteiger partial charge in [-0.05, 0) is 18.9 Å². The zero-order chi connectivity index (χ0) is 48.3. The number of hydrogen-bond acceptors (Lipinski definition) is 18. The maximum Gasteiger partial charge on any atom is 0.481 e. The molecule has 3 heterocycles. The Labute approximate surface area is 381 Å².